The molecule has 0 radical (unpaired) electrons. The molecule has 3 rings (SSSR count). The van der Waals surface area contributed by atoms with E-state index in [0.29, 0.717) is 21.7 Å². The summed E-state index contributed by atoms with van der Waals surface area (Å²) >= 11 is 6.27. The number of carbonyl (C=O) groups is 1. The maximum Gasteiger partial charge on any atom is 0.343 e. The molecule has 0 saturated heterocycles. The van der Waals surface area contributed by atoms with E-state index in [4.69, 9.17) is 16.3 Å². The van der Waals surface area contributed by atoms with E-state index in [9.17, 15) is 9.90 Å². The second-order valence-electron chi connectivity index (χ2n) is 4.54. The van der Waals surface area contributed by atoms with Gasteiger partial charge >= 0.3 is 5.97 Å². The molecule has 1 N–H and O–H groups in total. The maximum absolute atomic E-state index is 12.0. The highest BCUT2D eigenvalue weighted by molar-refractivity contribution is 6.37. The number of hydrogen-bond donors (Lipinski definition) is 1. The van der Waals surface area contributed by atoms with E-state index >= 15 is 0 Å². The summed E-state index contributed by atoms with van der Waals surface area (Å²) in [5, 5.41) is 11.3. The summed E-state index contributed by atoms with van der Waals surface area (Å²) in [6.45, 7) is 0. The van der Waals surface area contributed by atoms with Gasteiger partial charge in [0.25, 0.3) is 0 Å². The predicted molar refractivity (Wildman–Crippen MR) is 82.0 cm³/mol. The number of rotatable bonds is 2. The van der Waals surface area contributed by atoms with E-state index in [2.05, 4.69) is 0 Å². The van der Waals surface area contributed by atoms with Crippen molar-refractivity contribution in [3.63, 3.8) is 0 Å². The van der Waals surface area contributed by atoms with Crippen LogP contribution >= 0.6 is 11.6 Å². The Balaban J connectivity index is 1.96. The van der Waals surface area contributed by atoms with Gasteiger partial charge in [-0.3, -0.25) is 0 Å². The number of phenols is 1. The Morgan fingerprint density at radius 3 is 2.52 bits per heavy atom. The van der Waals surface area contributed by atoms with Crippen molar-refractivity contribution in [2.75, 3.05) is 0 Å². The molecule has 0 amide bonds. The van der Waals surface area contributed by atoms with Crippen LogP contribution in [0, 0.1) is 0 Å². The third kappa shape index (κ3) is 2.69. The van der Waals surface area contributed by atoms with Crippen LogP contribution in [0.3, 0.4) is 0 Å². The number of benzene rings is 3. The number of hydrogen-bond acceptors (Lipinski definition) is 3. The molecule has 0 aliphatic rings. The van der Waals surface area contributed by atoms with Gasteiger partial charge in [-0.1, -0.05) is 35.9 Å². The van der Waals surface area contributed by atoms with Crippen molar-refractivity contribution >= 4 is 28.3 Å². The van der Waals surface area contributed by atoms with E-state index in [-0.39, 0.29) is 5.75 Å². The van der Waals surface area contributed by atoms with E-state index in [0.717, 1.165) is 5.39 Å². The molecular weight excluding hydrogens is 288 g/mol. The molecule has 0 heterocycles. The van der Waals surface area contributed by atoms with Gasteiger partial charge in [0.15, 0.2) is 0 Å². The smallest absolute Gasteiger partial charge is 0.343 e. The van der Waals surface area contributed by atoms with Crippen molar-refractivity contribution in [2.24, 2.45) is 0 Å². The summed E-state index contributed by atoms with van der Waals surface area (Å²) in [4.78, 5) is 12.0. The van der Waals surface area contributed by atoms with Gasteiger partial charge in [0.05, 0.1) is 10.6 Å². The van der Waals surface area contributed by atoms with Crippen LogP contribution < -0.4 is 4.74 Å². The van der Waals surface area contributed by atoms with Crippen molar-refractivity contribution in [1.82, 2.24) is 0 Å². The van der Waals surface area contributed by atoms with Crippen molar-refractivity contribution < 1.29 is 14.6 Å². The van der Waals surface area contributed by atoms with Crippen LogP contribution in [0.15, 0.2) is 60.7 Å². The van der Waals surface area contributed by atoms with Gasteiger partial charge in [-0.2, -0.15) is 0 Å². The monoisotopic (exact) mass is 298 g/mol. The zero-order valence-corrected chi connectivity index (χ0v) is 11.7. The average molecular weight is 299 g/mol. The third-order valence-electron chi connectivity index (χ3n) is 3.11. The molecule has 0 atom stereocenters. The molecule has 0 aliphatic heterocycles. The largest absolute Gasteiger partial charge is 0.508 e. The minimum absolute atomic E-state index is 0.160. The van der Waals surface area contributed by atoms with Gasteiger partial charge in [0.2, 0.25) is 0 Å². The first-order valence-electron chi connectivity index (χ1n) is 6.33. The minimum atomic E-state index is -0.462. The fourth-order valence-corrected chi connectivity index (χ4v) is 2.34. The Labute approximate surface area is 126 Å². The second-order valence-corrected chi connectivity index (χ2v) is 4.92. The number of esters is 1. The molecule has 3 aromatic rings. The molecule has 0 spiro atoms. The van der Waals surface area contributed by atoms with E-state index in [1.807, 2.05) is 6.07 Å². The van der Waals surface area contributed by atoms with Crippen LogP contribution in [0.2, 0.25) is 5.02 Å². The molecule has 0 bridgehead atoms. The summed E-state index contributed by atoms with van der Waals surface area (Å²) < 4.78 is 5.34. The number of phenolic OH excluding ortho intramolecular Hbond substituents is 1. The van der Waals surface area contributed by atoms with Gasteiger partial charge in [-0.15, -0.1) is 0 Å². The van der Waals surface area contributed by atoms with Gasteiger partial charge in [0.1, 0.15) is 11.5 Å². The van der Waals surface area contributed by atoms with E-state index in [1.165, 1.54) is 6.07 Å². The number of ether oxygens (including phenoxy) is 1. The lowest BCUT2D eigenvalue weighted by atomic mass is 10.1. The Morgan fingerprint density at radius 2 is 1.76 bits per heavy atom. The summed E-state index contributed by atoms with van der Waals surface area (Å²) in [7, 11) is 0. The lowest BCUT2D eigenvalue weighted by Crippen LogP contribution is -2.08. The highest BCUT2D eigenvalue weighted by Gasteiger charge is 2.12. The van der Waals surface area contributed by atoms with Gasteiger partial charge in [0, 0.05) is 5.39 Å². The Morgan fingerprint density at radius 1 is 1.00 bits per heavy atom. The van der Waals surface area contributed by atoms with Gasteiger partial charge in [-0.05, 0) is 41.8 Å². The number of carbonyl (C=O) groups excluding carboxylic acids is 1. The van der Waals surface area contributed by atoms with Crippen LogP contribution in [0.1, 0.15) is 10.4 Å². The Bertz CT molecular complexity index is 813. The molecule has 3 aromatic carbocycles. The molecular formula is C17H11ClO3. The SMILES string of the molecule is O=C(Oc1ccc2cc(O)ccc2c1Cl)c1ccccc1. The molecule has 0 unspecified atom stereocenters. The zero-order valence-electron chi connectivity index (χ0n) is 10.9. The van der Waals surface area contributed by atoms with E-state index in [1.54, 1.807) is 48.5 Å². The van der Waals surface area contributed by atoms with Crippen molar-refractivity contribution in [3.05, 3.63) is 71.2 Å². The van der Waals surface area contributed by atoms with Gasteiger partial charge < -0.3 is 9.84 Å². The van der Waals surface area contributed by atoms with E-state index < -0.39 is 5.97 Å². The predicted octanol–water partition coefficient (Wildman–Crippen LogP) is 4.42. The molecule has 0 aromatic heterocycles. The first-order chi connectivity index (χ1) is 10.1. The molecule has 0 aliphatic carbocycles. The summed E-state index contributed by atoms with van der Waals surface area (Å²) in [5.41, 5.74) is 0.458. The van der Waals surface area contributed by atoms with Crippen LogP contribution in [0.25, 0.3) is 10.8 Å². The number of aromatic hydroxyl groups is 1. The lowest BCUT2D eigenvalue weighted by molar-refractivity contribution is 0.0735. The molecule has 0 fully saturated rings. The first-order valence-corrected chi connectivity index (χ1v) is 6.71. The first kappa shape index (κ1) is 13.5. The molecule has 21 heavy (non-hydrogen) atoms. The lowest BCUT2D eigenvalue weighted by Gasteiger charge is -2.09. The Hall–Kier alpha value is -2.52. The topological polar surface area (TPSA) is 46.5 Å². The molecule has 4 heteroatoms. The molecule has 104 valence electrons. The van der Waals surface area contributed by atoms with Crippen LogP contribution in [-0.2, 0) is 0 Å². The quantitative estimate of drug-likeness (QED) is 0.563. The van der Waals surface area contributed by atoms with Crippen molar-refractivity contribution in [1.29, 1.82) is 0 Å². The van der Waals surface area contributed by atoms with Gasteiger partial charge in [-0.25, -0.2) is 4.79 Å². The molecule has 0 saturated carbocycles. The summed E-state index contributed by atoms with van der Waals surface area (Å²) in [5.74, 6) is -0.00747. The normalized spacial score (nSPS) is 10.5. The third-order valence-corrected chi connectivity index (χ3v) is 3.50. The standard InChI is InChI=1S/C17H11ClO3/c18-16-14-8-7-13(19)10-12(14)6-9-15(16)21-17(20)11-4-2-1-3-5-11/h1-10,19H. The average Bonchev–Trinajstić information content (AvgIpc) is 2.51. The van der Waals surface area contributed by atoms with Crippen LogP contribution in [0.4, 0.5) is 0 Å². The summed E-state index contributed by atoms with van der Waals surface area (Å²) in [6, 6.07) is 16.9. The minimum Gasteiger partial charge on any atom is -0.508 e. The highest BCUT2D eigenvalue weighted by atomic mass is 35.5. The van der Waals surface area contributed by atoms with Crippen LogP contribution in [-0.4, -0.2) is 11.1 Å². The maximum atomic E-state index is 12.0. The fraction of sp³-hybridized carbons (Fsp3) is 0. The van der Waals surface area contributed by atoms with Crippen LogP contribution in [0.5, 0.6) is 11.5 Å². The Kier molecular flexibility index (Phi) is 3.50. The zero-order chi connectivity index (χ0) is 14.8. The highest BCUT2D eigenvalue weighted by Crippen LogP contribution is 2.34. The van der Waals surface area contributed by atoms with Crippen molar-refractivity contribution in [3.8, 4) is 11.5 Å². The summed E-state index contributed by atoms with van der Waals surface area (Å²) in [6.07, 6.45) is 0. The number of fused-ring (bicyclic) bond motifs is 1. The second kappa shape index (κ2) is 5.46. The fourth-order valence-electron chi connectivity index (χ4n) is 2.07. The number of halogens is 1. The van der Waals surface area contributed by atoms with Crippen molar-refractivity contribution in [2.45, 2.75) is 0 Å². The molecule has 3 nitrogen and oxygen atoms in total.